The minimum Gasteiger partial charge on any atom is -0.497 e. The minimum atomic E-state index is -0.0440. The molecule has 2 fully saturated rings. The lowest BCUT2D eigenvalue weighted by atomic mass is 10.1. The summed E-state index contributed by atoms with van der Waals surface area (Å²) in [7, 11) is 1.63. The molecule has 1 atom stereocenters. The number of H-pyrrole nitrogens is 1. The molecule has 1 aliphatic heterocycles. The Morgan fingerprint density at radius 2 is 2.03 bits per heavy atom. The van der Waals surface area contributed by atoms with E-state index < -0.39 is 0 Å². The topological polar surface area (TPSA) is 104 Å². The lowest BCUT2D eigenvalue weighted by Crippen LogP contribution is -3.15. The van der Waals surface area contributed by atoms with E-state index in [1.54, 1.807) is 12.0 Å². The maximum absolute atomic E-state index is 13.0. The number of hydrogen-bond acceptors (Lipinski definition) is 6. The summed E-state index contributed by atoms with van der Waals surface area (Å²) in [6.45, 7) is 7.26. The first-order valence-corrected chi connectivity index (χ1v) is 12.9. The number of nitrogens with zero attached hydrogens (tertiary/aromatic N) is 4. The fraction of sp³-hybridized carbons (Fsp3) is 0.600. The Bertz CT molecular complexity index is 1170. The lowest BCUT2D eigenvalue weighted by Gasteiger charge is -2.25. The second-order valence-corrected chi connectivity index (χ2v) is 9.87. The van der Waals surface area contributed by atoms with Crippen molar-refractivity contribution in [3.05, 3.63) is 46.0 Å². The number of tetrazole rings is 1. The van der Waals surface area contributed by atoms with Gasteiger partial charge in [-0.3, -0.25) is 4.79 Å². The Balaban J connectivity index is 1.34. The van der Waals surface area contributed by atoms with Gasteiger partial charge in [0.2, 0.25) is 5.82 Å². The highest BCUT2D eigenvalue weighted by Gasteiger charge is 2.25. The van der Waals surface area contributed by atoms with Crippen LogP contribution in [-0.4, -0.2) is 71.7 Å². The summed E-state index contributed by atoms with van der Waals surface area (Å²) in [5.74, 6) is 1.66. The third kappa shape index (κ3) is 5.88. The van der Waals surface area contributed by atoms with Crippen molar-refractivity contribution in [2.24, 2.45) is 0 Å². The Labute approximate surface area is 205 Å². The van der Waals surface area contributed by atoms with Gasteiger partial charge in [-0.1, -0.05) is 12.8 Å². The van der Waals surface area contributed by atoms with Crippen LogP contribution in [0.2, 0.25) is 0 Å². The number of rotatable bonds is 10. The molecule has 0 radical (unpaired) electrons. The first kappa shape index (κ1) is 23.9. The Morgan fingerprint density at radius 3 is 2.83 bits per heavy atom. The third-order valence-corrected chi connectivity index (χ3v) is 7.47. The summed E-state index contributed by atoms with van der Waals surface area (Å²) in [4.78, 5) is 19.0. The predicted octanol–water partition coefficient (Wildman–Crippen LogP) is -0.471. The molecule has 1 unspecified atom stereocenters. The zero-order valence-electron chi connectivity index (χ0n) is 20.6. The van der Waals surface area contributed by atoms with Gasteiger partial charge >= 0.3 is 0 Å². The van der Waals surface area contributed by atoms with Crippen molar-refractivity contribution in [3.63, 3.8) is 0 Å². The number of methoxy groups -OCH3 is 1. The van der Waals surface area contributed by atoms with Gasteiger partial charge in [-0.2, -0.15) is 0 Å². The van der Waals surface area contributed by atoms with Crippen LogP contribution in [0.3, 0.4) is 0 Å². The largest absolute Gasteiger partial charge is 0.497 e. The third-order valence-electron chi connectivity index (χ3n) is 7.47. The van der Waals surface area contributed by atoms with Crippen LogP contribution in [0.15, 0.2) is 29.1 Å². The molecule has 2 aromatic heterocycles. The average Bonchev–Trinajstić information content (AvgIpc) is 3.57. The normalized spacial score (nSPS) is 18.3. The Hall–Kier alpha value is -2.82. The average molecular weight is 484 g/mol. The van der Waals surface area contributed by atoms with Crippen LogP contribution in [0.5, 0.6) is 5.75 Å². The van der Waals surface area contributed by atoms with Gasteiger partial charge in [-0.15, -0.1) is 5.10 Å². The van der Waals surface area contributed by atoms with Gasteiger partial charge in [0.25, 0.3) is 5.56 Å². The summed E-state index contributed by atoms with van der Waals surface area (Å²) >= 11 is 0. The van der Waals surface area contributed by atoms with Gasteiger partial charge in [0, 0.05) is 12.5 Å². The molecule has 3 aromatic rings. The maximum Gasteiger partial charge on any atom is 0.257 e. The number of aromatic nitrogens is 5. The van der Waals surface area contributed by atoms with Gasteiger partial charge < -0.3 is 24.3 Å². The second-order valence-electron chi connectivity index (χ2n) is 9.87. The number of aromatic amines is 1. The van der Waals surface area contributed by atoms with Crippen molar-refractivity contribution < 1.29 is 19.3 Å². The number of nitrogens with one attached hydrogen (secondary N) is 3. The Kier molecular flexibility index (Phi) is 7.70. The van der Waals surface area contributed by atoms with Crippen LogP contribution >= 0.6 is 0 Å². The van der Waals surface area contributed by atoms with E-state index in [0.717, 1.165) is 86.7 Å². The van der Waals surface area contributed by atoms with E-state index in [4.69, 9.17) is 9.47 Å². The summed E-state index contributed by atoms with van der Waals surface area (Å²) in [6.07, 6.45) is 5.84. The van der Waals surface area contributed by atoms with Crippen LogP contribution in [0.1, 0.15) is 49.5 Å². The summed E-state index contributed by atoms with van der Waals surface area (Å²) in [6, 6.07) is 8.20. The van der Waals surface area contributed by atoms with Crippen molar-refractivity contribution in [3.8, 4) is 5.75 Å². The highest BCUT2D eigenvalue weighted by molar-refractivity contribution is 5.80. The molecule has 5 rings (SSSR count). The molecule has 1 aromatic carbocycles. The van der Waals surface area contributed by atoms with Crippen LogP contribution < -0.4 is 20.1 Å². The lowest BCUT2D eigenvalue weighted by molar-refractivity contribution is -0.939. The van der Waals surface area contributed by atoms with Crippen molar-refractivity contribution in [2.75, 3.05) is 46.5 Å². The number of quaternary nitrogens is 2. The smallest absolute Gasteiger partial charge is 0.257 e. The number of hydrogen-bond donors (Lipinski definition) is 3. The SMILES string of the molecule is COc1ccc2cc(C[NH+](CCC[NH+]3CCOCC3)Cc3nnnn3C3CCCC3)c(=O)[nH]c2c1. The van der Waals surface area contributed by atoms with E-state index in [-0.39, 0.29) is 5.56 Å². The van der Waals surface area contributed by atoms with Gasteiger partial charge in [-0.05, 0) is 46.9 Å². The molecule has 10 heteroatoms. The van der Waals surface area contributed by atoms with Crippen molar-refractivity contribution >= 4 is 10.9 Å². The van der Waals surface area contributed by atoms with Crippen molar-refractivity contribution in [2.45, 2.75) is 51.2 Å². The van der Waals surface area contributed by atoms with E-state index in [0.29, 0.717) is 19.1 Å². The summed E-state index contributed by atoms with van der Waals surface area (Å²) in [5.41, 5.74) is 1.54. The second kappa shape index (κ2) is 11.3. The predicted molar refractivity (Wildman–Crippen MR) is 131 cm³/mol. The number of morpholine rings is 1. The molecule has 10 nitrogen and oxygen atoms in total. The number of pyridine rings is 1. The highest BCUT2D eigenvalue weighted by Crippen LogP contribution is 2.28. The molecule has 3 heterocycles. The number of benzene rings is 1. The molecule has 0 bridgehead atoms. The van der Waals surface area contributed by atoms with E-state index in [1.165, 1.54) is 17.7 Å². The molecule has 3 N–H and O–H groups in total. The zero-order valence-corrected chi connectivity index (χ0v) is 20.6. The standard InChI is InChI=1S/C25H35N7O3/c1-34-22-8-7-19-15-20(25(33)26-23(19)16-22)17-31(10-4-9-30-11-13-35-14-12-30)18-24-27-28-29-32(24)21-5-2-3-6-21/h7-8,15-16,21H,2-6,9-14,17-18H2,1H3,(H,26,33)/p+2. The first-order chi connectivity index (χ1) is 17.2. The highest BCUT2D eigenvalue weighted by atomic mass is 16.5. The molecule has 0 amide bonds. The van der Waals surface area contributed by atoms with Crippen molar-refractivity contribution in [1.29, 1.82) is 0 Å². The Morgan fingerprint density at radius 1 is 1.20 bits per heavy atom. The van der Waals surface area contributed by atoms with Gasteiger partial charge in [0.05, 0.1) is 50.5 Å². The quantitative estimate of drug-likeness (QED) is 0.360. The van der Waals surface area contributed by atoms with Crippen LogP contribution in [0.25, 0.3) is 10.9 Å². The molecule has 1 saturated carbocycles. The van der Waals surface area contributed by atoms with E-state index in [2.05, 4.69) is 20.5 Å². The van der Waals surface area contributed by atoms with Gasteiger partial charge in [0.15, 0.2) is 0 Å². The molecule has 35 heavy (non-hydrogen) atoms. The molecule has 2 aliphatic rings. The zero-order chi connectivity index (χ0) is 24.0. The van der Waals surface area contributed by atoms with Crippen LogP contribution in [0, 0.1) is 0 Å². The number of ether oxygens (including phenoxy) is 2. The fourth-order valence-electron chi connectivity index (χ4n) is 5.48. The van der Waals surface area contributed by atoms with Gasteiger partial charge in [-0.25, -0.2) is 4.68 Å². The molecule has 1 aliphatic carbocycles. The summed E-state index contributed by atoms with van der Waals surface area (Å²) < 4.78 is 12.8. The molecular formula is C25H37N7O3+2. The molecular weight excluding hydrogens is 446 g/mol. The van der Waals surface area contributed by atoms with Crippen LogP contribution in [-0.2, 0) is 17.8 Å². The monoisotopic (exact) mass is 483 g/mol. The number of fused-ring (bicyclic) bond motifs is 1. The van der Waals surface area contributed by atoms with Crippen LogP contribution in [0.4, 0.5) is 0 Å². The minimum absolute atomic E-state index is 0.0440. The van der Waals surface area contributed by atoms with E-state index in [9.17, 15) is 4.79 Å². The maximum atomic E-state index is 13.0. The molecule has 0 spiro atoms. The van der Waals surface area contributed by atoms with E-state index >= 15 is 0 Å². The van der Waals surface area contributed by atoms with E-state index in [1.807, 2.05) is 28.9 Å². The molecule has 188 valence electrons. The van der Waals surface area contributed by atoms with Gasteiger partial charge in [0.1, 0.15) is 31.9 Å². The van der Waals surface area contributed by atoms with Crippen molar-refractivity contribution in [1.82, 2.24) is 25.2 Å². The summed E-state index contributed by atoms with van der Waals surface area (Å²) in [5, 5.41) is 13.7. The first-order valence-electron chi connectivity index (χ1n) is 12.9. The fourth-order valence-corrected chi connectivity index (χ4v) is 5.48. The molecule has 1 saturated heterocycles.